The monoisotopic (exact) mass is 313 g/mol. The second kappa shape index (κ2) is 7.85. The molecule has 0 saturated carbocycles. The Bertz CT molecular complexity index is 520. The first-order valence-electron chi connectivity index (χ1n) is 6.40. The third kappa shape index (κ3) is 4.91. The molecule has 0 heterocycles. The summed E-state index contributed by atoms with van der Waals surface area (Å²) in [5.74, 6) is -0.526. The Balaban J connectivity index is 2.98. The predicted octanol–water partition coefficient (Wildman–Crippen LogP) is 1.10. The van der Waals surface area contributed by atoms with Gasteiger partial charge in [0.05, 0.1) is 12.2 Å². The van der Waals surface area contributed by atoms with Gasteiger partial charge in [0.1, 0.15) is 6.54 Å². The van der Waals surface area contributed by atoms with Crippen LogP contribution in [0.5, 0.6) is 0 Å². The number of rotatable bonds is 6. The number of methoxy groups -OCH3 is 1. The van der Waals surface area contributed by atoms with E-state index in [0.29, 0.717) is 23.9 Å². The molecule has 0 bridgehead atoms. The number of halogens is 1. The van der Waals surface area contributed by atoms with Gasteiger partial charge in [-0.15, -0.1) is 0 Å². The van der Waals surface area contributed by atoms with Crippen LogP contribution in [0.2, 0.25) is 5.02 Å². The number of nitrogens with two attached hydrogens (primary N) is 1. The van der Waals surface area contributed by atoms with Crippen LogP contribution in [0.25, 0.3) is 0 Å². The number of likely N-dealkylation sites (N-methyl/N-ethyl adjacent to an activating group) is 1. The standard InChI is InChI=1S/C14H20ClN3O3/c1-17(2)13(19)9-18(6-7-21-3)14(20)11-8-10(15)4-5-12(11)16/h4-5,8H,6-7,9,16H2,1-3H3. The van der Waals surface area contributed by atoms with Crippen molar-refractivity contribution in [2.45, 2.75) is 0 Å². The molecule has 0 aromatic heterocycles. The number of ether oxygens (including phenoxy) is 1. The summed E-state index contributed by atoms with van der Waals surface area (Å²) >= 11 is 5.90. The topological polar surface area (TPSA) is 75.9 Å². The Morgan fingerprint density at radius 1 is 1.33 bits per heavy atom. The Morgan fingerprint density at radius 3 is 2.57 bits per heavy atom. The number of nitrogen functional groups attached to an aromatic ring is 1. The number of carbonyl (C=O) groups is 2. The molecule has 0 aliphatic carbocycles. The van der Waals surface area contributed by atoms with Gasteiger partial charge >= 0.3 is 0 Å². The quantitative estimate of drug-likeness (QED) is 0.798. The SMILES string of the molecule is COCCN(CC(=O)N(C)C)C(=O)c1cc(Cl)ccc1N. The van der Waals surface area contributed by atoms with Gasteiger partial charge in [0.15, 0.2) is 0 Å². The van der Waals surface area contributed by atoms with Crippen LogP contribution in [-0.4, -0.2) is 62.5 Å². The van der Waals surface area contributed by atoms with E-state index in [1.807, 2.05) is 0 Å². The number of hydrogen-bond acceptors (Lipinski definition) is 4. The minimum absolute atomic E-state index is 0.0405. The van der Waals surface area contributed by atoms with Crippen molar-refractivity contribution < 1.29 is 14.3 Å². The van der Waals surface area contributed by atoms with Gasteiger partial charge < -0.3 is 20.3 Å². The van der Waals surface area contributed by atoms with Crippen LogP contribution in [0.3, 0.4) is 0 Å². The van der Waals surface area contributed by atoms with E-state index in [4.69, 9.17) is 22.1 Å². The average Bonchev–Trinajstić information content (AvgIpc) is 2.44. The smallest absolute Gasteiger partial charge is 0.256 e. The molecule has 7 heteroatoms. The third-order valence-corrected chi connectivity index (χ3v) is 3.16. The maximum absolute atomic E-state index is 12.5. The highest BCUT2D eigenvalue weighted by atomic mass is 35.5. The van der Waals surface area contributed by atoms with Crippen molar-refractivity contribution in [3.05, 3.63) is 28.8 Å². The maximum atomic E-state index is 12.5. The highest BCUT2D eigenvalue weighted by Gasteiger charge is 2.21. The van der Waals surface area contributed by atoms with Crippen molar-refractivity contribution in [1.82, 2.24) is 9.80 Å². The van der Waals surface area contributed by atoms with Gasteiger partial charge in [-0.25, -0.2) is 0 Å². The fourth-order valence-corrected chi connectivity index (χ4v) is 1.81. The predicted molar refractivity (Wildman–Crippen MR) is 82.3 cm³/mol. The summed E-state index contributed by atoms with van der Waals surface area (Å²) in [6.45, 7) is 0.578. The van der Waals surface area contributed by atoms with Crippen LogP contribution in [0.15, 0.2) is 18.2 Å². The van der Waals surface area contributed by atoms with Crippen molar-refractivity contribution >= 4 is 29.1 Å². The molecule has 1 rings (SSSR count). The van der Waals surface area contributed by atoms with E-state index in [2.05, 4.69) is 0 Å². The highest BCUT2D eigenvalue weighted by molar-refractivity contribution is 6.31. The van der Waals surface area contributed by atoms with Crippen molar-refractivity contribution in [1.29, 1.82) is 0 Å². The summed E-state index contributed by atoms with van der Waals surface area (Å²) < 4.78 is 4.98. The Hall–Kier alpha value is -1.79. The van der Waals surface area contributed by atoms with Gasteiger partial charge in [-0.3, -0.25) is 9.59 Å². The van der Waals surface area contributed by atoms with E-state index in [1.165, 1.54) is 23.0 Å². The first-order chi connectivity index (χ1) is 9.86. The number of carbonyl (C=O) groups excluding carboxylic acids is 2. The van der Waals surface area contributed by atoms with Crippen LogP contribution >= 0.6 is 11.6 Å². The molecule has 0 aliphatic heterocycles. The van der Waals surface area contributed by atoms with Gasteiger partial charge in [0.25, 0.3) is 5.91 Å². The zero-order valence-electron chi connectivity index (χ0n) is 12.4. The molecule has 0 unspecified atom stereocenters. The molecule has 0 fully saturated rings. The van der Waals surface area contributed by atoms with Crippen molar-refractivity contribution in [2.75, 3.05) is 46.6 Å². The number of hydrogen-bond donors (Lipinski definition) is 1. The zero-order chi connectivity index (χ0) is 16.0. The Kier molecular flexibility index (Phi) is 6.45. The molecule has 0 spiro atoms. The van der Waals surface area contributed by atoms with E-state index < -0.39 is 0 Å². The number of benzene rings is 1. The third-order valence-electron chi connectivity index (χ3n) is 2.92. The highest BCUT2D eigenvalue weighted by Crippen LogP contribution is 2.19. The number of anilines is 1. The van der Waals surface area contributed by atoms with Crippen LogP contribution in [0, 0.1) is 0 Å². The summed E-state index contributed by atoms with van der Waals surface area (Å²) in [6, 6.07) is 4.68. The lowest BCUT2D eigenvalue weighted by Crippen LogP contribution is -2.42. The fourth-order valence-electron chi connectivity index (χ4n) is 1.64. The van der Waals surface area contributed by atoms with Gasteiger partial charge in [0.2, 0.25) is 5.91 Å². The molecule has 0 radical (unpaired) electrons. The van der Waals surface area contributed by atoms with E-state index in [1.54, 1.807) is 26.2 Å². The normalized spacial score (nSPS) is 10.3. The molecule has 21 heavy (non-hydrogen) atoms. The first-order valence-corrected chi connectivity index (χ1v) is 6.78. The Labute approximate surface area is 129 Å². The molecule has 2 N–H and O–H groups in total. The Morgan fingerprint density at radius 2 is 2.00 bits per heavy atom. The number of amides is 2. The van der Waals surface area contributed by atoms with Crippen molar-refractivity contribution in [3.63, 3.8) is 0 Å². The lowest BCUT2D eigenvalue weighted by Gasteiger charge is -2.24. The summed E-state index contributed by atoms with van der Waals surface area (Å²) in [5.41, 5.74) is 6.42. The molecule has 0 saturated heterocycles. The minimum Gasteiger partial charge on any atom is -0.398 e. The zero-order valence-corrected chi connectivity index (χ0v) is 13.2. The second-order valence-electron chi connectivity index (χ2n) is 4.74. The molecule has 1 aromatic carbocycles. The lowest BCUT2D eigenvalue weighted by atomic mass is 10.1. The van der Waals surface area contributed by atoms with E-state index >= 15 is 0 Å². The average molecular weight is 314 g/mol. The minimum atomic E-state index is -0.345. The van der Waals surface area contributed by atoms with Crippen LogP contribution < -0.4 is 5.73 Å². The maximum Gasteiger partial charge on any atom is 0.256 e. The van der Waals surface area contributed by atoms with Gasteiger partial charge in [-0.05, 0) is 18.2 Å². The molecule has 116 valence electrons. The molecule has 6 nitrogen and oxygen atoms in total. The molecule has 0 aliphatic rings. The van der Waals surface area contributed by atoms with Crippen molar-refractivity contribution in [3.8, 4) is 0 Å². The van der Waals surface area contributed by atoms with E-state index in [0.717, 1.165) is 0 Å². The van der Waals surface area contributed by atoms with Gasteiger partial charge in [-0.2, -0.15) is 0 Å². The van der Waals surface area contributed by atoms with Crippen molar-refractivity contribution in [2.24, 2.45) is 0 Å². The van der Waals surface area contributed by atoms with Gasteiger partial charge in [-0.1, -0.05) is 11.6 Å². The fraction of sp³-hybridized carbons (Fsp3) is 0.429. The summed E-state index contributed by atoms with van der Waals surface area (Å²) in [7, 11) is 4.80. The molecule has 2 amide bonds. The summed E-state index contributed by atoms with van der Waals surface area (Å²) in [4.78, 5) is 27.2. The molecule has 1 aromatic rings. The number of nitrogens with zero attached hydrogens (tertiary/aromatic N) is 2. The van der Waals surface area contributed by atoms with Crippen LogP contribution in [0.1, 0.15) is 10.4 Å². The van der Waals surface area contributed by atoms with Crippen LogP contribution in [0.4, 0.5) is 5.69 Å². The largest absolute Gasteiger partial charge is 0.398 e. The molecular weight excluding hydrogens is 294 g/mol. The summed E-state index contributed by atoms with van der Waals surface area (Å²) in [6.07, 6.45) is 0. The molecule has 0 atom stereocenters. The van der Waals surface area contributed by atoms with E-state index in [-0.39, 0.29) is 23.9 Å². The van der Waals surface area contributed by atoms with Gasteiger partial charge in [0, 0.05) is 38.5 Å². The van der Waals surface area contributed by atoms with Crippen LogP contribution in [-0.2, 0) is 9.53 Å². The van der Waals surface area contributed by atoms with E-state index in [9.17, 15) is 9.59 Å². The first kappa shape index (κ1) is 17.3. The second-order valence-corrected chi connectivity index (χ2v) is 5.18. The lowest BCUT2D eigenvalue weighted by molar-refractivity contribution is -0.129. The summed E-state index contributed by atoms with van der Waals surface area (Å²) in [5, 5.41) is 0.415. The molecular formula is C14H20ClN3O3.